The number of rotatable bonds is 1. The van der Waals surface area contributed by atoms with Gasteiger partial charge in [-0.3, -0.25) is 0 Å². The van der Waals surface area contributed by atoms with Gasteiger partial charge in [0.05, 0.1) is 0 Å². The zero-order valence-electron chi connectivity index (χ0n) is 4.28. The number of hydrogen-bond acceptors (Lipinski definition) is 1. The Kier molecular flexibility index (Phi) is 1.89. The van der Waals surface area contributed by atoms with Crippen molar-refractivity contribution in [1.29, 1.82) is 0 Å². The first-order chi connectivity index (χ1) is 2.94. The molecule has 0 fully saturated rings. The molecule has 0 saturated carbocycles. The standard InChI is InChI=1S/C3H8F2OSi/c1-7(2,6)3(4)5/h3,6H,1-2H3. The quantitative estimate of drug-likeness (QED) is 0.519. The Morgan fingerprint density at radius 3 is 1.57 bits per heavy atom. The van der Waals surface area contributed by atoms with Crippen molar-refractivity contribution in [2.75, 3.05) is 0 Å². The summed E-state index contributed by atoms with van der Waals surface area (Å²) in [6.07, 6.45) is 0. The fourth-order valence-corrected chi connectivity index (χ4v) is 0. The Balaban J connectivity index is 3.54. The van der Waals surface area contributed by atoms with E-state index < -0.39 is 14.4 Å². The third kappa shape index (κ3) is 2.70. The molecule has 0 aromatic carbocycles. The zero-order valence-corrected chi connectivity index (χ0v) is 5.28. The van der Waals surface area contributed by atoms with Crippen LogP contribution in [0.15, 0.2) is 0 Å². The summed E-state index contributed by atoms with van der Waals surface area (Å²) in [4.78, 5) is 8.48. The van der Waals surface area contributed by atoms with E-state index in [0.717, 1.165) is 0 Å². The lowest BCUT2D eigenvalue weighted by Gasteiger charge is -2.09. The topological polar surface area (TPSA) is 20.2 Å². The van der Waals surface area contributed by atoms with Gasteiger partial charge in [-0.25, -0.2) is 8.78 Å². The zero-order chi connectivity index (χ0) is 6.08. The van der Waals surface area contributed by atoms with E-state index >= 15 is 0 Å². The summed E-state index contributed by atoms with van der Waals surface area (Å²) in [6.45, 7) is 2.41. The number of hydrogen-bond donors (Lipinski definition) is 1. The molecule has 1 N–H and O–H groups in total. The summed E-state index contributed by atoms with van der Waals surface area (Å²) < 4.78 is 22.7. The van der Waals surface area contributed by atoms with Crippen molar-refractivity contribution in [2.24, 2.45) is 0 Å². The lowest BCUT2D eigenvalue weighted by atomic mass is 11.6. The Hall–Kier alpha value is 0.0369. The van der Waals surface area contributed by atoms with Gasteiger partial charge in [-0.1, -0.05) is 0 Å². The molecule has 0 bridgehead atoms. The van der Waals surface area contributed by atoms with Crippen LogP contribution in [0, 0.1) is 0 Å². The van der Waals surface area contributed by atoms with Gasteiger partial charge < -0.3 is 4.80 Å². The third-order valence-corrected chi connectivity index (χ3v) is 1.60. The highest BCUT2D eigenvalue weighted by Crippen LogP contribution is 2.07. The predicted molar refractivity (Wildman–Crippen MR) is 25.7 cm³/mol. The van der Waals surface area contributed by atoms with Gasteiger partial charge >= 0.3 is 0 Å². The first-order valence-corrected chi connectivity index (χ1v) is 4.97. The lowest BCUT2D eigenvalue weighted by Crippen LogP contribution is -2.35. The summed E-state index contributed by atoms with van der Waals surface area (Å²) in [7, 11) is -3.07. The van der Waals surface area contributed by atoms with E-state index in [1.54, 1.807) is 0 Å². The molecule has 0 aromatic rings. The van der Waals surface area contributed by atoms with Crippen molar-refractivity contribution < 1.29 is 13.6 Å². The minimum absolute atomic E-state index is 1.21. The van der Waals surface area contributed by atoms with Crippen LogP contribution < -0.4 is 0 Å². The molecule has 0 amide bonds. The van der Waals surface area contributed by atoms with Crippen LogP contribution in [0.5, 0.6) is 0 Å². The van der Waals surface area contributed by atoms with Crippen LogP contribution in [0.25, 0.3) is 0 Å². The molecule has 1 nitrogen and oxygen atoms in total. The third-order valence-electron chi connectivity index (χ3n) is 0.534. The second-order valence-electron chi connectivity index (χ2n) is 1.95. The van der Waals surface area contributed by atoms with E-state index in [1.807, 2.05) is 0 Å². The smallest absolute Gasteiger partial charge is 0.257 e. The Morgan fingerprint density at radius 2 is 1.57 bits per heavy atom. The second-order valence-corrected chi connectivity index (χ2v) is 5.70. The van der Waals surface area contributed by atoms with E-state index in [0.29, 0.717) is 0 Å². The van der Waals surface area contributed by atoms with Crippen molar-refractivity contribution in [2.45, 2.75) is 19.1 Å². The van der Waals surface area contributed by atoms with Gasteiger partial charge in [0.1, 0.15) is 0 Å². The molecule has 0 rings (SSSR count). The summed E-state index contributed by atoms with van der Waals surface area (Å²) >= 11 is 0. The highest BCUT2D eigenvalue weighted by Gasteiger charge is 2.29. The van der Waals surface area contributed by atoms with Crippen LogP contribution in [0.2, 0.25) is 13.1 Å². The molecular weight excluding hydrogens is 118 g/mol. The van der Waals surface area contributed by atoms with E-state index in [4.69, 9.17) is 4.80 Å². The molecule has 4 heteroatoms. The molecule has 7 heavy (non-hydrogen) atoms. The average molecular weight is 126 g/mol. The van der Waals surface area contributed by atoms with Crippen LogP contribution in [0.4, 0.5) is 8.78 Å². The molecule has 0 atom stereocenters. The minimum Gasteiger partial charge on any atom is -0.427 e. The van der Waals surface area contributed by atoms with Crippen LogP contribution in [-0.4, -0.2) is 19.2 Å². The summed E-state index contributed by atoms with van der Waals surface area (Å²) in [6, 6.07) is -2.51. The van der Waals surface area contributed by atoms with Gasteiger partial charge in [-0.2, -0.15) is 0 Å². The van der Waals surface area contributed by atoms with E-state index in [9.17, 15) is 8.78 Å². The van der Waals surface area contributed by atoms with E-state index in [-0.39, 0.29) is 0 Å². The van der Waals surface area contributed by atoms with Gasteiger partial charge in [0, 0.05) is 0 Å². The Labute approximate surface area is 42.1 Å². The SMILES string of the molecule is C[Si](C)(O)C(F)F. The van der Waals surface area contributed by atoms with Crippen molar-refractivity contribution in [3.63, 3.8) is 0 Å². The van der Waals surface area contributed by atoms with Crippen LogP contribution in [0.1, 0.15) is 0 Å². The molecule has 0 aromatic heterocycles. The number of halogens is 2. The fraction of sp³-hybridized carbons (Fsp3) is 1.00. The summed E-state index contributed by atoms with van der Waals surface area (Å²) in [5.74, 6) is 0. The first kappa shape index (κ1) is 7.04. The highest BCUT2D eigenvalue weighted by atomic mass is 28.4. The van der Waals surface area contributed by atoms with Gasteiger partial charge in [0.25, 0.3) is 8.32 Å². The number of alkyl halides is 2. The van der Waals surface area contributed by atoms with E-state index in [1.165, 1.54) is 13.1 Å². The monoisotopic (exact) mass is 126 g/mol. The minimum atomic E-state index is -3.07. The fourth-order valence-electron chi connectivity index (χ4n) is 0. The molecule has 0 heterocycles. The molecule has 0 saturated heterocycles. The van der Waals surface area contributed by atoms with Gasteiger partial charge in [-0.05, 0) is 13.1 Å². The lowest BCUT2D eigenvalue weighted by molar-refractivity contribution is 0.203. The normalized spacial score (nSPS) is 12.9. The van der Waals surface area contributed by atoms with Crippen molar-refractivity contribution in [3.8, 4) is 0 Å². The van der Waals surface area contributed by atoms with Gasteiger partial charge in [0.15, 0.2) is 0 Å². The van der Waals surface area contributed by atoms with Crippen molar-refractivity contribution >= 4 is 8.32 Å². The summed E-state index contributed by atoms with van der Waals surface area (Å²) in [5, 5.41) is 0. The maximum Gasteiger partial charge on any atom is 0.257 e. The maximum absolute atomic E-state index is 11.4. The summed E-state index contributed by atoms with van der Waals surface area (Å²) in [5.41, 5.74) is 0. The molecule has 0 aliphatic rings. The Bertz CT molecular complexity index is 58.4. The highest BCUT2D eigenvalue weighted by molar-refractivity contribution is 6.70. The van der Waals surface area contributed by atoms with Crippen molar-refractivity contribution in [3.05, 3.63) is 0 Å². The average Bonchev–Trinajstić information content (AvgIpc) is 1.31. The Morgan fingerprint density at radius 1 is 1.43 bits per heavy atom. The van der Waals surface area contributed by atoms with Crippen LogP contribution >= 0.6 is 0 Å². The molecule has 0 unspecified atom stereocenters. The molecule has 0 spiro atoms. The second kappa shape index (κ2) is 1.88. The van der Waals surface area contributed by atoms with Crippen molar-refractivity contribution in [1.82, 2.24) is 0 Å². The van der Waals surface area contributed by atoms with Crippen LogP contribution in [-0.2, 0) is 0 Å². The van der Waals surface area contributed by atoms with Crippen LogP contribution in [0.3, 0.4) is 0 Å². The molecule has 0 aliphatic heterocycles. The molecule has 0 radical (unpaired) electrons. The van der Waals surface area contributed by atoms with E-state index in [2.05, 4.69) is 0 Å². The largest absolute Gasteiger partial charge is 0.427 e. The molecule has 0 aliphatic carbocycles. The molecular formula is C3H8F2OSi. The molecule has 44 valence electrons. The maximum atomic E-state index is 11.4. The van der Waals surface area contributed by atoms with Gasteiger partial charge in [0.2, 0.25) is 6.05 Å². The predicted octanol–water partition coefficient (Wildman–Crippen LogP) is 0.988. The first-order valence-electron chi connectivity index (χ1n) is 1.95. The van der Waals surface area contributed by atoms with Gasteiger partial charge in [-0.15, -0.1) is 0 Å².